The maximum absolute atomic E-state index is 13.4. The SMILES string of the molecule is CC(C)(O/N=C(\C(=O)C[C@@H]1C(=O)N2C[C@](SCCCC(=O)/C(=N/NC(N)=O)c3ccc(O)c(O)c3Cl)(C(=O)O)S[C@H]12)c1csc(N)n1)C(=O)O. The van der Waals surface area contributed by atoms with Crippen LogP contribution in [0, 0.1) is 5.92 Å². The fourth-order valence-corrected chi connectivity index (χ4v) is 8.63. The molecule has 50 heavy (non-hydrogen) atoms. The number of amides is 3. The van der Waals surface area contributed by atoms with E-state index in [2.05, 4.69) is 15.2 Å². The molecule has 3 atom stereocenters. The van der Waals surface area contributed by atoms with Crippen LogP contribution in [-0.2, 0) is 28.8 Å². The number of carbonyl (C=O) groups is 6. The van der Waals surface area contributed by atoms with E-state index in [-0.39, 0.29) is 53.0 Å². The van der Waals surface area contributed by atoms with Gasteiger partial charge in [-0.25, -0.2) is 24.8 Å². The van der Waals surface area contributed by atoms with Crippen LogP contribution >= 0.6 is 46.5 Å². The number of nitrogens with two attached hydrogens (primary N) is 2. The minimum atomic E-state index is -1.79. The molecule has 1 aromatic carbocycles. The molecule has 0 unspecified atom stereocenters. The number of thioether (sulfide) groups is 2. The van der Waals surface area contributed by atoms with E-state index in [1.807, 2.05) is 5.43 Å². The number of aliphatic carboxylic acids is 2. The number of β-lactam (4-membered cyclic amide) rings is 1. The Labute approximate surface area is 300 Å². The van der Waals surface area contributed by atoms with Gasteiger partial charge in [0, 0.05) is 23.8 Å². The van der Waals surface area contributed by atoms with Gasteiger partial charge in [-0.05, 0) is 38.2 Å². The molecule has 3 amide bonds. The Bertz CT molecular complexity index is 1820. The molecule has 2 aliphatic rings. The van der Waals surface area contributed by atoms with Gasteiger partial charge in [0.15, 0.2) is 38.0 Å². The summed E-state index contributed by atoms with van der Waals surface area (Å²) in [4.78, 5) is 85.4. The number of phenolic OH excluding ortho intramolecular Hbond substituents is 2. The quantitative estimate of drug-likeness (QED) is 0.0421. The van der Waals surface area contributed by atoms with E-state index in [4.69, 9.17) is 27.9 Å². The Morgan fingerprint density at radius 2 is 1.90 bits per heavy atom. The number of Topliss-reactive ketones (excluding diaryl/α,β-unsaturated/α-hetero) is 2. The van der Waals surface area contributed by atoms with Crippen LogP contribution in [0.5, 0.6) is 11.5 Å². The van der Waals surface area contributed by atoms with Crippen LogP contribution in [0.1, 0.15) is 44.4 Å². The first-order valence-electron chi connectivity index (χ1n) is 14.4. The fourth-order valence-electron chi connectivity index (χ4n) is 4.65. The van der Waals surface area contributed by atoms with Gasteiger partial charge in [-0.3, -0.25) is 14.4 Å². The van der Waals surface area contributed by atoms with Crippen molar-refractivity contribution in [3.05, 3.63) is 33.8 Å². The highest BCUT2D eigenvalue weighted by Crippen LogP contribution is 2.55. The number of carbonyl (C=O) groups excluding carboxylic acids is 4. The summed E-state index contributed by atoms with van der Waals surface area (Å²) in [5.74, 6) is -6.46. The lowest BCUT2D eigenvalue weighted by Gasteiger charge is -2.41. The average molecular weight is 772 g/mol. The van der Waals surface area contributed by atoms with Crippen LogP contribution in [0.4, 0.5) is 9.93 Å². The van der Waals surface area contributed by atoms with Crippen LogP contribution in [0.3, 0.4) is 0 Å². The van der Waals surface area contributed by atoms with E-state index in [0.717, 1.165) is 40.9 Å². The van der Waals surface area contributed by atoms with Gasteiger partial charge in [0.1, 0.15) is 11.4 Å². The summed E-state index contributed by atoms with van der Waals surface area (Å²) in [5.41, 5.74) is 10.1. The van der Waals surface area contributed by atoms with Crippen molar-refractivity contribution in [2.75, 3.05) is 18.0 Å². The van der Waals surface area contributed by atoms with E-state index >= 15 is 0 Å². The summed E-state index contributed by atoms with van der Waals surface area (Å²) in [7, 11) is 0. The van der Waals surface area contributed by atoms with Gasteiger partial charge in [-0.1, -0.05) is 16.8 Å². The molecular weight excluding hydrogens is 742 g/mol. The van der Waals surface area contributed by atoms with Crippen LogP contribution in [0.25, 0.3) is 0 Å². The van der Waals surface area contributed by atoms with Gasteiger partial charge in [0.25, 0.3) is 0 Å². The number of phenols is 2. The number of carboxylic acid groups (broad SMARTS) is 2. The first kappa shape index (κ1) is 38.2. The zero-order chi connectivity index (χ0) is 37.1. The summed E-state index contributed by atoms with van der Waals surface area (Å²) in [6.45, 7) is 2.27. The molecule has 0 radical (unpaired) electrons. The number of halogens is 1. The summed E-state index contributed by atoms with van der Waals surface area (Å²) in [6.07, 6.45) is -0.496. The number of nitrogen functional groups attached to an aromatic ring is 1. The van der Waals surface area contributed by atoms with Gasteiger partial charge in [0.2, 0.25) is 11.5 Å². The number of primary amides is 1. The molecule has 268 valence electrons. The summed E-state index contributed by atoms with van der Waals surface area (Å²) in [5, 5.41) is 47.1. The number of nitrogens with one attached hydrogen (secondary N) is 1. The number of rotatable bonds is 16. The second kappa shape index (κ2) is 15.1. The zero-order valence-corrected chi connectivity index (χ0v) is 29.3. The number of ketones is 2. The number of hydrogen-bond acceptors (Lipinski definition) is 16. The molecule has 0 saturated carbocycles. The third-order valence-electron chi connectivity index (χ3n) is 7.36. The van der Waals surface area contributed by atoms with Crippen molar-refractivity contribution < 1.29 is 54.0 Å². The van der Waals surface area contributed by atoms with Crippen LogP contribution < -0.4 is 16.9 Å². The van der Waals surface area contributed by atoms with Gasteiger partial charge in [-0.15, -0.1) is 34.9 Å². The van der Waals surface area contributed by atoms with E-state index in [1.54, 1.807) is 0 Å². The molecule has 2 aromatic rings. The van der Waals surface area contributed by atoms with Crippen LogP contribution in [-0.4, -0.2) is 105 Å². The number of carboxylic acids is 2. The molecule has 18 nitrogen and oxygen atoms in total. The van der Waals surface area contributed by atoms with Crippen molar-refractivity contribution >= 4 is 98.5 Å². The predicted molar refractivity (Wildman–Crippen MR) is 183 cm³/mol. The van der Waals surface area contributed by atoms with Crippen molar-refractivity contribution in [3.8, 4) is 11.5 Å². The number of hydrogen-bond donors (Lipinski definition) is 7. The van der Waals surface area contributed by atoms with Crippen LogP contribution in [0.2, 0.25) is 5.02 Å². The Hall–Kier alpha value is -4.60. The van der Waals surface area contributed by atoms with Crippen molar-refractivity contribution in [3.63, 3.8) is 0 Å². The largest absolute Gasteiger partial charge is 0.504 e. The minimum Gasteiger partial charge on any atom is -0.504 e. The molecule has 2 fully saturated rings. The topological polar surface area (TPSA) is 297 Å². The third-order valence-corrected chi connectivity index (χ3v) is 11.8. The number of oxime groups is 1. The normalized spacial score (nSPS) is 20.5. The Kier molecular flexibility index (Phi) is 11.5. The van der Waals surface area contributed by atoms with E-state index in [1.165, 1.54) is 30.2 Å². The molecule has 22 heteroatoms. The maximum atomic E-state index is 13.4. The standard InChI is InChI=1S/C28H30ClN7O11S3/c1-27(2,23(42)43)47-35-19(13-9-48-26(31)32-13)16(39)8-12-21(41)36-10-28(24(44)45,50-22(12)36)49-7-3-4-14(37)18(33-34-25(30)46)11-5-6-15(38)20(40)17(11)29/h5-6,9,12,22,38,40H,3-4,7-8,10H2,1-2H3,(H2,31,32)(H,42,43)(H,44,45)(H3,30,34,46)/b33-18+,35-19-/t12-,22-,28-/m1/s1. The molecule has 1 aromatic heterocycles. The third kappa shape index (κ3) is 8.06. The Morgan fingerprint density at radius 3 is 2.50 bits per heavy atom. The maximum Gasteiger partial charge on any atom is 0.350 e. The Balaban J connectivity index is 1.43. The number of fused-ring (bicyclic) bond motifs is 1. The number of thiazole rings is 1. The molecule has 2 aliphatic heterocycles. The molecule has 4 rings (SSSR count). The molecular formula is C28H30ClN7O11S3. The smallest absolute Gasteiger partial charge is 0.350 e. The number of urea groups is 1. The van der Waals surface area contributed by atoms with Gasteiger partial charge >= 0.3 is 18.0 Å². The number of aromatic nitrogens is 1. The van der Waals surface area contributed by atoms with E-state index in [0.29, 0.717) is 0 Å². The molecule has 9 N–H and O–H groups in total. The lowest BCUT2D eigenvalue weighted by Crippen LogP contribution is -2.57. The number of benzene rings is 1. The first-order chi connectivity index (χ1) is 23.4. The molecule has 3 heterocycles. The van der Waals surface area contributed by atoms with E-state index < -0.39 is 79.4 Å². The highest BCUT2D eigenvalue weighted by molar-refractivity contribution is 8.19. The molecule has 2 saturated heterocycles. The number of hydrazone groups is 1. The Morgan fingerprint density at radius 1 is 1.20 bits per heavy atom. The number of aromatic hydroxyl groups is 2. The van der Waals surface area contributed by atoms with E-state index in [9.17, 15) is 49.2 Å². The minimum absolute atomic E-state index is 0.0227. The highest BCUT2D eigenvalue weighted by atomic mass is 35.5. The van der Waals surface area contributed by atoms with Crippen molar-refractivity contribution in [2.45, 2.75) is 48.2 Å². The lowest BCUT2D eigenvalue weighted by atomic mass is 9.90. The second-order valence-corrected chi connectivity index (χ2v) is 15.6. The van der Waals surface area contributed by atoms with Crippen LogP contribution in [0.15, 0.2) is 27.8 Å². The first-order valence-corrected chi connectivity index (χ1v) is 17.5. The van der Waals surface area contributed by atoms with Crippen molar-refractivity contribution in [2.24, 2.45) is 21.9 Å². The van der Waals surface area contributed by atoms with Gasteiger partial charge < -0.3 is 41.6 Å². The van der Waals surface area contributed by atoms with Crippen molar-refractivity contribution in [1.82, 2.24) is 15.3 Å². The average Bonchev–Trinajstić information content (AvgIpc) is 3.64. The molecule has 0 bridgehead atoms. The van der Waals surface area contributed by atoms with Gasteiger partial charge in [0.05, 0.1) is 22.9 Å². The predicted octanol–water partition coefficient (Wildman–Crippen LogP) is 1.80. The molecule has 0 spiro atoms. The second-order valence-electron chi connectivity index (χ2n) is 11.3. The summed E-state index contributed by atoms with van der Waals surface area (Å²) < 4.78 is -1.54. The fraction of sp³-hybridized carbons (Fsp3) is 0.393. The zero-order valence-electron chi connectivity index (χ0n) is 26.1. The lowest BCUT2D eigenvalue weighted by molar-refractivity contribution is -0.161. The highest BCUT2D eigenvalue weighted by Gasteiger charge is 2.62. The van der Waals surface area contributed by atoms with Crippen molar-refractivity contribution in [1.29, 1.82) is 0 Å². The number of nitrogens with zero attached hydrogens (tertiary/aromatic N) is 4. The monoisotopic (exact) mass is 771 g/mol. The summed E-state index contributed by atoms with van der Waals surface area (Å²) >= 11 is 9.05. The van der Waals surface area contributed by atoms with Gasteiger partial charge in [-0.2, -0.15) is 5.10 Å². The molecule has 0 aliphatic carbocycles. The summed E-state index contributed by atoms with van der Waals surface area (Å²) in [6, 6.07) is 1.18. The number of anilines is 1.